The fourth-order valence-electron chi connectivity index (χ4n) is 4.39. The van der Waals surface area contributed by atoms with E-state index >= 15 is 0 Å². The lowest BCUT2D eigenvalue weighted by molar-refractivity contribution is 0.0325. The number of carbonyl (C=O) groups excluding carboxylic acids is 1. The number of benzene rings is 1. The van der Waals surface area contributed by atoms with Crippen molar-refractivity contribution < 1.29 is 14.6 Å². The van der Waals surface area contributed by atoms with Gasteiger partial charge in [0.1, 0.15) is 11.7 Å². The summed E-state index contributed by atoms with van der Waals surface area (Å²) in [6.07, 6.45) is 5.08. The summed E-state index contributed by atoms with van der Waals surface area (Å²) >= 11 is 0. The molecule has 36 heavy (non-hydrogen) atoms. The zero-order valence-corrected chi connectivity index (χ0v) is 20.8. The van der Waals surface area contributed by atoms with Crippen molar-refractivity contribution in [1.82, 2.24) is 19.8 Å². The molecule has 8 heteroatoms. The third kappa shape index (κ3) is 5.70. The molecule has 0 saturated carbocycles. The Kier molecular flexibility index (Phi) is 7.93. The highest BCUT2D eigenvalue weighted by molar-refractivity contribution is 5.98. The number of aromatic nitrogens is 2. The number of hydrogen-bond acceptors (Lipinski definition) is 7. The Hall–Kier alpha value is -3.80. The summed E-state index contributed by atoms with van der Waals surface area (Å²) in [6, 6.07) is 14.7. The average Bonchev–Trinajstić information content (AvgIpc) is 2.90. The number of aliphatic hydroxyl groups excluding tert-OH is 1. The number of nitrogens with zero attached hydrogens (tertiary/aromatic N) is 5. The van der Waals surface area contributed by atoms with Crippen molar-refractivity contribution in [2.75, 3.05) is 26.7 Å². The SMILES string of the molecule is C[C@@H]1CN([C@@H](C)CO)C(=O)c2cc(-c3ccc(C#N)cc3)cnc2O[C@@H]1CN(C)Cc1cccnc1. The van der Waals surface area contributed by atoms with Gasteiger partial charge >= 0.3 is 0 Å². The van der Waals surface area contributed by atoms with E-state index in [1.54, 1.807) is 35.5 Å². The first-order valence-electron chi connectivity index (χ1n) is 12.1. The van der Waals surface area contributed by atoms with Crippen LogP contribution in [0.5, 0.6) is 5.88 Å². The molecule has 0 aliphatic carbocycles. The lowest BCUT2D eigenvalue weighted by Crippen LogP contribution is -2.49. The maximum Gasteiger partial charge on any atom is 0.259 e. The number of rotatable bonds is 7. The van der Waals surface area contributed by atoms with Crippen LogP contribution in [0.15, 0.2) is 61.1 Å². The Bertz CT molecular complexity index is 1230. The molecule has 3 aromatic rings. The van der Waals surface area contributed by atoms with Crippen molar-refractivity contribution >= 4 is 5.91 Å². The molecule has 3 heterocycles. The van der Waals surface area contributed by atoms with Crippen LogP contribution >= 0.6 is 0 Å². The van der Waals surface area contributed by atoms with Crippen LogP contribution in [0.3, 0.4) is 0 Å². The van der Waals surface area contributed by atoms with Gasteiger partial charge in [-0.3, -0.25) is 14.7 Å². The number of hydrogen-bond donors (Lipinski definition) is 1. The van der Waals surface area contributed by atoms with Crippen LogP contribution in [0.4, 0.5) is 0 Å². The molecule has 1 aliphatic heterocycles. The van der Waals surface area contributed by atoms with Crippen molar-refractivity contribution in [2.24, 2.45) is 5.92 Å². The molecule has 1 aromatic carbocycles. The standard InChI is InChI=1S/C28H31N5O3/c1-19-15-33(20(2)18-34)28(35)25-11-24(23-8-6-21(12-29)7-9-23)14-31-27(25)36-26(19)17-32(3)16-22-5-4-10-30-13-22/h4-11,13-14,19-20,26,34H,15-18H2,1-3H3/t19-,20+,26-/m1/s1. The fourth-order valence-corrected chi connectivity index (χ4v) is 4.39. The minimum Gasteiger partial charge on any atom is -0.472 e. The van der Waals surface area contributed by atoms with Crippen molar-refractivity contribution in [3.05, 3.63) is 77.7 Å². The summed E-state index contributed by atoms with van der Waals surface area (Å²) in [5.74, 6) is 0.0786. The van der Waals surface area contributed by atoms with Crippen molar-refractivity contribution in [3.8, 4) is 23.1 Å². The highest BCUT2D eigenvalue weighted by Crippen LogP contribution is 2.30. The van der Waals surface area contributed by atoms with Gasteiger partial charge in [-0.25, -0.2) is 4.98 Å². The van der Waals surface area contributed by atoms with Crippen LogP contribution in [0, 0.1) is 17.2 Å². The molecule has 4 rings (SSSR count). The molecule has 0 bridgehead atoms. The summed E-state index contributed by atoms with van der Waals surface area (Å²) in [4.78, 5) is 26.3. The molecule has 0 saturated heterocycles. The smallest absolute Gasteiger partial charge is 0.259 e. The number of amides is 1. The lowest BCUT2D eigenvalue weighted by atomic mass is 9.99. The molecule has 0 unspecified atom stereocenters. The quantitative estimate of drug-likeness (QED) is 0.547. The summed E-state index contributed by atoms with van der Waals surface area (Å²) in [5, 5.41) is 19.0. The van der Waals surface area contributed by atoms with Gasteiger partial charge in [0.15, 0.2) is 0 Å². The van der Waals surface area contributed by atoms with Gasteiger partial charge in [-0.05, 0) is 49.4 Å². The van der Waals surface area contributed by atoms with E-state index in [1.807, 2.05) is 44.4 Å². The molecule has 3 atom stereocenters. The van der Waals surface area contributed by atoms with Crippen LogP contribution in [-0.2, 0) is 6.54 Å². The van der Waals surface area contributed by atoms with E-state index in [4.69, 9.17) is 10.00 Å². The number of ether oxygens (including phenoxy) is 1. The van der Waals surface area contributed by atoms with Crippen LogP contribution < -0.4 is 4.74 Å². The summed E-state index contributed by atoms with van der Waals surface area (Å²) in [5.41, 5.74) is 3.64. The number of nitriles is 1. The number of likely N-dealkylation sites (N-methyl/N-ethyl adjacent to an activating group) is 1. The molecule has 8 nitrogen and oxygen atoms in total. The Balaban J connectivity index is 1.66. The summed E-state index contributed by atoms with van der Waals surface area (Å²) < 4.78 is 6.40. The van der Waals surface area contributed by atoms with E-state index in [0.717, 1.165) is 16.7 Å². The van der Waals surface area contributed by atoms with Crippen molar-refractivity contribution in [2.45, 2.75) is 32.5 Å². The molecule has 0 radical (unpaired) electrons. The van der Waals surface area contributed by atoms with Gasteiger partial charge in [0, 0.05) is 49.7 Å². The number of carbonyl (C=O) groups is 1. The van der Waals surface area contributed by atoms with E-state index in [0.29, 0.717) is 36.6 Å². The Morgan fingerprint density at radius 3 is 2.69 bits per heavy atom. The average molecular weight is 486 g/mol. The second-order valence-corrected chi connectivity index (χ2v) is 9.45. The topological polar surface area (TPSA) is 103 Å². The largest absolute Gasteiger partial charge is 0.472 e. The van der Waals surface area contributed by atoms with E-state index in [9.17, 15) is 9.90 Å². The third-order valence-electron chi connectivity index (χ3n) is 6.54. The minimum absolute atomic E-state index is 0.00690. The first kappa shape index (κ1) is 25.3. The van der Waals surface area contributed by atoms with Gasteiger partial charge in [0.2, 0.25) is 5.88 Å². The summed E-state index contributed by atoms with van der Waals surface area (Å²) in [6.45, 7) is 5.56. The molecule has 2 aromatic heterocycles. The molecular weight excluding hydrogens is 454 g/mol. The van der Waals surface area contributed by atoms with Gasteiger partial charge in [-0.1, -0.05) is 25.1 Å². The Morgan fingerprint density at radius 1 is 1.25 bits per heavy atom. The fraction of sp³-hybridized carbons (Fsp3) is 0.357. The molecule has 1 N–H and O–H groups in total. The van der Waals surface area contributed by atoms with E-state index < -0.39 is 0 Å². The molecule has 1 aliphatic rings. The highest BCUT2D eigenvalue weighted by Gasteiger charge is 2.34. The Morgan fingerprint density at radius 2 is 2.03 bits per heavy atom. The second kappa shape index (κ2) is 11.3. The van der Waals surface area contributed by atoms with Crippen LogP contribution in [0.2, 0.25) is 0 Å². The number of fused-ring (bicyclic) bond motifs is 1. The lowest BCUT2D eigenvalue weighted by Gasteiger charge is -2.37. The van der Waals surface area contributed by atoms with E-state index in [1.165, 1.54) is 0 Å². The number of pyridine rings is 2. The van der Waals surface area contributed by atoms with Gasteiger partial charge in [0.05, 0.1) is 24.3 Å². The molecular formula is C28H31N5O3. The molecule has 186 valence electrons. The van der Waals surface area contributed by atoms with E-state index in [2.05, 4.69) is 27.9 Å². The van der Waals surface area contributed by atoms with Crippen molar-refractivity contribution in [3.63, 3.8) is 0 Å². The second-order valence-electron chi connectivity index (χ2n) is 9.45. The third-order valence-corrected chi connectivity index (χ3v) is 6.54. The zero-order chi connectivity index (χ0) is 25.7. The van der Waals surface area contributed by atoms with Crippen LogP contribution in [0.1, 0.15) is 35.3 Å². The molecule has 1 amide bonds. The van der Waals surface area contributed by atoms with Gasteiger partial charge in [0.25, 0.3) is 5.91 Å². The van der Waals surface area contributed by atoms with Crippen molar-refractivity contribution in [1.29, 1.82) is 5.26 Å². The molecule has 0 spiro atoms. The van der Waals surface area contributed by atoms with Crippen LogP contribution in [-0.4, -0.2) is 69.7 Å². The molecule has 0 fully saturated rings. The first-order valence-corrected chi connectivity index (χ1v) is 12.1. The maximum absolute atomic E-state index is 13.6. The predicted octanol–water partition coefficient (Wildman–Crippen LogP) is 3.37. The van der Waals surface area contributed by atoms with Gasteiger partial charge in [-0.2, -0.15) is 5.26 Å². The first-order chi connectivity index (χ1) is 17.4. The van der Waals surface area contributed by atoms with Gasteiger partial charge in [-0.15, -0.1) is 0 Å². The van der Waals surface area contributed by atoms with Gasteiger partial charge < -0.3 is 14.7 Å². The Labute approximate surface area is 211 Å². The zero-order valence-electron chi connectivity index (χ0n) is 20.8. The predicted molar refractivity (Wildman–Crippen MR) is 136 cm³/mol. The summed E-state index contributed by atoms with van der Waals surface area (Å²) in [7, 11) is 2.03. The maximum atomic E-state index is 13.6. The monoisotopic (exact) mass is 485 g/mol. The minimum atomic E-state index is -0.349. The van der Waals surface area contributed by atoms with Crippen LogP contribution in [0.25, 0.3) is 11.1 Å². The van der Waals surface area contributed by atoms with E-state index in [-0.39, 0.29) is 30.6 Å². The number of aliphatic hydroxyl groups is 1. The highest BCUT2D eigenvalue weighted by atomic mass is 16.5. The normalized spacial score (nSPS) is 18.6.